The van der Waals surface area contributed by atoms with Crippen molar-refractivity contribution in [3.05, 3.63) is 34.4 Å². The fourth-order valence-corrected chi connectivity index (χ4v) is 1.68. The largest absolute Gasteiger partial charge is 0.252 e. The molecule has 2 rings (SSSR count). The van der Waals surface area contributed by atoms with Gasteiger partial charge in [0.1, 0.15) is 5.15 Å². The maximum absolute atomic E-state index is 6.00. The van der Waals surface area contributed by atoms with E-state index in [0.717, 1.165) is 17.1 Å². The van der Waals surface area contributed by atoms with Crippen molar-refractivity contribution in [2.75, 3.05) is 0 Å². The molecule has 0 fully saturated rings. The number of aryl methyl sites for hydroxylation is 3. The summed E-state index contributed by atoms with van der Waals surface area (Å²) in [6, 6.07) is 3.69. The van der Waals surface area contributed by atoms with Crippen LogP contribution in [0.15, 0.2) is 12.1 Å². The molecule has 0 aliphatic carbocycles. The highest BCUT2D eigenvalue weighted by molar-refractivity contribution is 6.29. The summed E-state index contributed by atoms with van der Waals surface area (Å²) in [6.07, 6.45) is 0. The van der Waals surface area contributed by atoms with Crippen molar-refractivity contribution >= 4 is 11.6 Å². The van der Waals surface area contributed by atoms with Crippen LogP contribution in [0.25, 0.3) is 5.95 Å². The Kier molecular flexibility index (Phi) is 2.44. The molecule has 0 bridgehead atoms. The molecule has 5 heteroatoms. The van der Waals surface area contributed by atoms with Gasteiger partial charge < -0.3 is 0 Å². The zero-order valence-electron chi connectivity index (χ0n) is 8.82. The van der Waals surface area contributed by atoms with E-state index in [2.05, 4.69) is 15.1 Å². The van der Waals surface area contributed by atoms with Gasteiger partial charge in [-0.25, -0.2) is 9.97 Å². The highest BCUT2D eigenvalue weighted by atomic mass is 35.5. The molecule has 2 aromatic heterocycles. The molecule has 0 aliphatic heterocycles. The van der Waals surface area contributed by atoms with Gasteiger partial charge >= 0.3 is 0 Å². The number of halogens is 1. The van der Waals surface area contributed by atoms with E-state index >= 15 is 0 Å². The third kappa shape index (κ3) is 1.99. The summed E-state index contributed by atoms with van der Waals surface area (Å²) >= 11 is 6.00. The lowest BCUT2D eigenvalue weighted by Crippen LogP contribution is -2.05. The molecule has 2 aromatic rings. The molecule has 0 amide bonds. The van der Waals surface area contributed by atoms with Crippen molar-refractivity contribution in [3.8, 4) is 5.95 Å². The van der Waals surface area contributed by atoms with E-state index in [9.17, 15) is 0 Å². The van der Waals surface area contributed by atoms with E-state index in [1.165, 1.54) is 4.68 Å². The van der Waals surface area contributed by atoms with Gasteiger partial charge in [0.05, 0.1) is 5.69 Å². The van der Waals surface area contributed by atoms with Gasteiger partial charge in [0.2, 0.25) is 0 Å². The van der Waals surface area contributed by atoms with Crippen LogP contribution in [0.2, 0.25) is 5.15 Å². The van der Waals surface area contributed by atoms with E-state index in [-0.39, 0.29) is 0 Å². The predicted molar refractivity (Wildman–Crippen MR) is 58.4 cm³/mol. The van der Waals surface area contributed by atoms with Gasteiger partial charge in [0, 0.05) is 11.4 Å². The van der Waals surface area contributed by atoms with Crippen molar-refractivity contribution in [1.82, 2.24) is 19.7 Å². The van der Waals surface area contributed by atoms with Gasteiger partial charge in [-0.3, -0.25) is 0 Å². The number of nitrogens with zero attached hydrogens (tertiary/aromatic N) is 4. The highest BCUT2D eigenvalue weighted by Gasteiger charge is 2.08. The summed E-state index contributed by atoms with van der Waals surface area (Å²) in [4.78, 5) is 8.57. The van der Waals surface area contributed by atoms with Crippen molar-refractivity contribution in [2.24, 2.45) is 0 Å². The Labute approximate surface area is 92.9 Å². The number of rotatable bonds is 1. The summed E-state index contributed by atoms with van der Waals surface area (Å²) < 4.78 is 1.54. The fourth-order valence-electron chi connectivity index (χ4n) is 1.41. The number of aromatic nitrogens is 4. The molecule has 0 atom stereocenters. The molecule has 2 heterocycles. The third-order valence-electron chi connectivity index (χ3n) is 1.95. The summed E-state index contributed by atoms with van der Waals surface area (Å²) in [5.74, 6) is 0.519. The smallest absolute Gasteiger partial charge is 0.216 e. The van der Waals surface area contributed by atoms with Gasteiger partial charge in [-0.15, -0.1) is 0 Å². The predicted octanol–water partition coefficient (Wildman–Crippen LogP) is 2.24. The van der Waals surface area contributed by atoms with Gasteiger partial charge in [-0.1, -0.05) is 11.6 Å². The zero-order chi connectivity index (χ0) is 11.0. The molecule has 78 valence electrons. The quantitative estimate of drug-likeness (QED) is 0.743. The first-order valence-electron chi connectivity index (χ1n) is 4.61. The van der Waals surface area contributed by atoms with E-state index < -0.39 is 0 Å². The first-order chi connectivity index (χ1) is 7.06. The monoisotopic (exact) mass is 222 g/mol. The minimum atomic E-state index is 0.519. The first kappa shape index (κ1) is 10.1. The Hall–Kier alpha value is -1.42. The molecule has 0 N–H and O–H groups in total. The third-order valence-corrected chi connectivity index (χ3v) is 2.22. The lowest BCUT2D eigenvalue weighted by atomic mass is 10.4. The van der Waals surface area contributed by atoms with Crippen LogP contribution in [0.3, 0.4) is 0 Å². The summed E-state index contributed by atoms with van der Waals surface area (Å²) in [7, 11) is 0. The van der Waals surface area contributed by atoms with Crippen LogP contribution in [0.4, 0.5) is 0 Å². The zero-order valence-corrected chi connectivity index (χ0v) is 9.58. The lowest BCUT2D eigenvalue weighted by Gasteiger charge is -2.03. The molecule has 4 nitrogen and oxygen atoms in total. The van der Waals surface area contributed by atoms with Gasteiger partial charge in [-0.05, 0) is 32.9 Å². The molecular formula is C10H11ClN4. The Morgan fingerprint density at radius 3 is 2.07 bits per heavy atom. The van der Waals surface area contributed by atoms with Crippen LogP contribution in [-0.4, -0.2) is 19.7 Å². The Balaban J connectivity index is 2.58. The molecule has 0 saturated heterocycles. The highest BCUT2D eigenvalue weighted by Crippen LogP contribution is 2.14. The van der Waals surface area contributed by atoms with E-state index in [1.54, 1.807) is 6.07 Å². The summed E-state index contributed by atoms with van der Waals surface area (Å²) in [6.45, 7) is 5.72. The van der Waals surface area contributed by atoms with Gasteiger partial charge in [-0.2, -0.15) is 9.78 Å². The second-order valence-corrected chi connectivity index (χ2v) is 3.86. The Morgan fingerprint density at radius 1 is 1.00 bits per heavy atom. The molecule has 0 unspecified atom stereocenters. The molecule has 0 aromatic carbocycles. The van der Waals surface area contributed by atoms with E-state index in [4.69, 9.17) is 11.6 Å². The van der Waals surface area contributed by atoms with Crippen molar-refractivity contribution in [1.29, 1.82) is 0 Å². The maximum atomic E-state index is 6.00. The first-order valence-corrected chi connectivity index (χ1v) is 4.99. The fraction of sp³-hybridized carbons (Fsp3) is 0.300. The van der Waals surface area contributed by atoms with Crippen LogP contribution in [0, 0.1) is 20.8 Å². The van der Waals surface area contributed by atoms with E-state index in [0.29, 0.717) is 11.1 Å². The van der Waals surface area contributed by atoms with Crippen LogP contribution in [0.5, 0.6) is 0 Å². The second kappa shape index (κ2) is 3.62. The van der Waals surface area contributed by atoms with Crippen LogP contribution < -0.4 is 0 Å². The van der Waals surface area contributed by atoms with Gasteiger partial charge in [0.25, 0.3) is 5.95 Å². The van der Waals surface area contributed by atoms with Crippen molar-refractivity contribution < 1.29 is 0 Å². The average molecular weight is 223 g/mol. The van der Waals surface area contributed by atoms with Crippen LogP contribution in [-0.2, 0) is 0 Å². The SMILES string of the molecule is Cc1cc(C)nc(-n2nc(C)cc2Cl)n1. The average Bonchev–Trinajstić information content (AvgIpc) is 2.43. The minimum Gasteiger partial charge on any atom is -0.216 e. The minimum absolute atomic E-state index is 0.519. The van der Waals surface area contributed by atoms with Crippen LogP contribution in [0.1, 0.15) is 17.1 Å². The normalized spacial score (nSPS) is 10.7. The van der Waals surface area contributed by atoms with Crippen LogP contribution >= 0.6 is 11.6 Å². The van der Waals surface area contributed by atoms with Crippen molar-refractivity contribution in [3.63, 3.8) is 0 Å². The van der Waals surface area contributed by atoms with E-state index in [1.807, 2.05) is 26.8 Å². The second-order valence-electron chi connectivity index (χ2n) is 3.47. The molecule has 0 radical (unpaired) electrons. The molecule has 0 aliphatic rings. The Bertz CT molecular complexity index is 484. The molecule has 0 spiro atoms. The molecular weight excluding hydrogens is 212 g/mol. The maximum Gasteiger partial charge on any atom is 0.252 e. The lowest BCUT2D eigenvalue weighted by molar-refractivity contribution is 0.784. The summed E-state index contributed by atoms with van der Waals surface area (Å²) in [5.41, 5.74) is 2.66. The molecule has 15 heavy (non-hydrogen) atoms. The topological polar surface area (TPSA) is 43.6 Å². The number of hydrogen-bond donors (Lipinski definition) is 0. The van der Waals surface area contributed by atoms with Gasteiger partial charge in [0.15, 0.2) is 0 Å². The standard InChI is InChI=1S/C10H11ClN4/c1-6-4-7(2)13-10(12-6)15-9(11)5-8(3)14-15/h4-5H,1-3H3. The summed E-state index contributed by atoms with van der Waals surface area (Å²) in [5, 5.41) is 4.75. The Morgan fingerprint density at radius 2 is 1.60 bits per heavy atom. The molecule has 0 saturated carbocycles. The number of hydrogen-bond acceptors (Lipinski definition) is 3. The van der Waals surface area contributed by atoms with Crippen molar-refractivity contribution in [2.45, 2.75) is 20.8 Å².